The molecule has 0 aliphatic rings. The van der Waals surface area contributed by atoms with Crippen LogP contribution in [0.25, 0.3) is 10.4 Å². The Morgan fingerprint density at radius 2 is 2.07 bits per heavy atom. The van der Waals surface area contributed by atoms with E-state index in [4.69, 9.17) is 17.3 Å². The molecule has 14 heavy (non-hydrogen) atoms. The molecule has 0 saturated carbocycles. The Morgan fingerprint density at radius 1 is 1.21 bits per heavy atom. The molecule has 1 nitrogen and oxygen atoms in total. The fourth-order valence-corrected chi connectivity index (χ4v) is 2.36. The molecular formula is C11H10ClNS. The van der Waals surface area contributed by atoms with Crippen LogP contribution in [-0.4, -0.2) is 0 Å². The lowest BCUT2D eigenvalue weighted by molar-refractivity contribution is 1.11. The smallest absolute Gasteiger partial charge is 0.0412 e. The molecule has 0 aliphatic carbocycles. The molecule has 2 aromatic rings. The Kier molecular flexibility index (Phi) is 2.87. The minimum Gasteiger partial charge on any atom is -0.326 e. The van der Waals surface area contributed by atoms with Gasteiger partial charge in [0.25, 0.3) is 0 Å². The maximum absolute atomic E-state index is 5.92. The van der Waals surface area contributed by atoms with Crippen molar-refractivity contribution in [2.75, 3.05) is 0 Å². The predicted octanol–water partition coefficient (Wildman–Crippen LogP) is 3.53. The normalized spacial score (nSPS) is 10.4. The molecule has 0 amide bonds. The zero-order valence-electron chi connectivity index (χ0n) is 7.53. The van der Waals surface area contributed by atoms with Crippen LogP contribution in [0.15, 0.2) is 36.4 Å². The summed E-state index contributed by atoms with van der Waals surface area (Å²) in [7, 11) is 0. The lowest BCUT2D eigenvalue weighted by Crippen LogP contribution is -1.90. The van der Waals surface area contributed by atoms with Crippen molar-refractivity contribution in [2.45, 2.75) is 6.54 Å². The Labute approximate surface area is 92.1 Å². The zero-order valence-corrected chi connectivity index (χ0v) is 9.11. The van der Waals surface area contributed by atoms with E-state index in [0.717, 1.165) is 10.6 Å². The molecule has 0 spiro atoms. The van der Waals surface area contributed by atoms with E-state index in [2.05, 4.69) is 18.2 Å². The SMILES string of the molecule is NCc1ccc(-c2cccc(Cl)c2)s1. The van der Waals surface area contributed by atoms with Crippen molar-refractivity contribution in [3.8, 4) is 10.4 Å². The molecule has 2 rings (SSSR count). The highest BCUT2D eigenvalue weighted by Gasteiger charge is 2.01. The van der Waals surface area contributed by atoms with Gasteiger partial charge in [0, 0.05) is 21.3 Å². The number of hydrogen-bond acceptors (Lipinski definition) is 2. The van der Waals surface area contributed by atoms with Crippen LogP contribution in [0.5, 0.6) is 0 Å². The van der Waals surface area contributed by atoms with Crippen molar-refractivity contribution in [1.29, 1.82) is 0 Å². The van der Waals surface area contributed by atoms with E-state index >= 15 is 0 Å². The van der Waals surface area contributed by atoms with Gasteiger partial charge in [0.05, 0.1) is 0 Å². The number of halogens is 1. The van der Waals surface area contributed by atoms with Crippen LogP contribution in [-0.2, 0) is 6.54 Å². The first kappa shape index (κ1) is 9.71. The molecule has 0 aliphatic heterocycles. The van der Waals surface area contributed by atoms with E-state index < -0.39 is 0 Å². The van der Waals surface area contributed by atoms with Gasteiger partial charge in [-0.3, -0.25) is 0 Å². The van der Waals surface area contributed by atoms with Gasteiger partial charge >= 0.3 is 0 Å². The van der Waals surface area contributed by atoms with Crippen LogP contribution >= 0.6 is 22.9 Å². The van der Waals surface area contributed by atoms with Gasteiger partial charge in [0.1, 0.15) is 0 Å². The second kappa shape index (κ2) is 4.13. The minimum atomic E-state index is 0.602. The third-order valence-electron chi connectivity index (χ3n) is 1.97. The highest BCUT2D eigenvalue weighted by molar-refractivity contribution is 7.15. The average molecular weight is 224 g/mol. The summed E-state index contributed by atoms with van der Waals surface area (Å²) < 4.78 is 0. The summed E-state index contributed by atoms with van der Waals surface area (Å²) in [6, 6.07) is 12.0. The first-order chi connectivity index (χ1) is 6.79. The fourth-order valence-electron chi connectivity index (χ4n) is 1.28. The van der Waals surface area contributed by atoms with Crippen LogP contribution in [0.4, 0.5) is 0 Å². The third kappa shape index (κ3) is 1.98. The maximum Gasteiger partial charge on any atom is 0.0412 e. The molecule has 1 heterocycles. The Balaban J connectivity index is 2.39. The quantitative estimate of drug-likeness (QED) is 0.828. The van der Waals surface area contributed by atoms with Crippen molar-refractivity contribution in [3.63, 3.8) is 0 Å². The summed E-state index contributed by atoms with van der Waals surface area (Å²) in [5.41, 5.74) is 6.71. The molecule has 0 bridgehead atoms. The molecule has 0 radical (unpaired) electrons. The van der Waals surface area contributed by atoms with Gasteiger partial charge in [-0.1, -0.05) is 23.7 Å². The van der Waals surface area contributed by atoms with Gasteiger partial charge < -0.3 is 5.73 Å². The summed E-state index contributed by atoms with van der Waals surface area (Å²) in [5.74, 6) is 0. The van der Waals surface area contributed by atoms with Crippen LogP contribution in [0.1, 0.15) is 4.88 Å². The van der Waals surface area contributed by atoms with Crippen LogP contribution < -0.4 is 5.73 Å². The summed E-state index contributed by atoms with van der Waals surface area (Å²) in [6.45, 7) is 0.602. The number of benzene rings is 1. The summed E-state index contributed by atoms with van der Waals surface area (Å²) in [5, 5.41) is 0.769. The van der Waals surface area contributed by atoms with Gasteiger partial charge in [-0.2, -0.15) is 0 Å². The summed E-state index contributed by atoms with van der Waals surface area (Å²) in [4.78, 5) is 2.41. The highest BCUT2D eigenvalue weighted by atomic mass is 35.5. The van der Waals surface area contributed by atoms with Gasteiger partial charge in [-0.05, 0) is 29.8 Å². The molecule has 0 unspecified atom stereocenters. The first-order valence-corrected chi connectivity index (χ1v) is 5.54. The van der Waals surface area contributed by atoms with E-state index in [1.165, 1.54) is 9.75 Å². The maximum atomic E-state index is 5.92. The number of hydrogen-bond donors (Lipinski definition) is 1. The lowest BCUT2D eigenvalue weighted by atomic mass is 10.2. The topological polar surface area (TPSA) is 26.0 Å². The van der Waals surface area contributed by atoms with E-state index in [9.17, 15) is 0 Å². The number of rotatable bonds is 2. The average Bonchev–Trinajstić information content (AvgIpc) is 2.66. The monoisotopic (exact) mass is 223 g/mol. The lowest BCUT2D eigenvalue weighted by Gasteiger charge is -1.97. The Bertz CT molecular complexity index is 436. The Morgan fingerprint density at radius 3 is 2.71 bits per heavy atom. The second-order valence-corrected chi connectivity index (χ2v) is 4.59. The van der Waals surface area contributed by atoms with E-state index in [1.54, 1.807) is 11.3 Å². The van der Waals surface area contributed by atoms with Crippen molar-refractivity contribution in [2.24, 2.45) is 5.73 Å². The van der Waals surface area contributed by atoms with E-state index in [1.807, 2.05) is 18.2 Å². The largest absolute Gasteiger partial charge is 0.326 e. The fraction of sp³-hybridized carbons (Fsp3) is 0.0909. The molecule has 1 aromatic carbocycles. The van der Waals surface area contributed by atoms with E-state index in [0.29, 0.717) is 6.54 Å². The number of nitrogens with two attached hydrogens (primary N) is 1. The second-order valence-electron chi connectivity index (χ2n) is 2.98. The molecule has 0 saturated heterocycles. The predicted molar refractivity (Wildman–Crippen MR) is 62.7 cm³/mol. The first-order valence-electron chi connectivity index (χ1n) is 4.34. The Hall–Kier alpha value is -0.830. The standard InChI is InChI=1S/C11H10ClNS/c12-9-3-1-2-8(6-9)11-5-4-10(7-13)14-11/h1-6H,7,13H2. The van der Waals surface area contributed by atoms with Crippen molar-refractivity contribution in [1.82, 2.24) is 0 Å². The molecule has 72 valence electrons. The molecule has 3 heteroatoms. The molecular weight excluding hydrogens is 214 g/mol. The number of thiophene rings is 1. The molecule has 2 N–H and O–H groups in total. The molecule has 1 aromatic heterocycles. The van der Waals surface area contributed by atoms with Crippen molar-refractivity contribution >= 4 is 22.9 Å². The third-order valence-corrected chi connectivity index (χ3v) is 3.36. The van der Waals surface area contributed by atoms with Gasteiger partial charge in [0.15, 0.2) is 0 Å². The molecule has 0 atom stereocenters. The van der Waals surface area contributed by atoms with Crippen LogP contribution in [0.2, 0.25) is 5.02 Å². The van der Waals surface area contributed by atoms with Crippen molar-refractivity contribution in [3.05, 3.63) is 46.3 Å². The van der Waals surface area contributed by atoms with Crippen molar-refractivity contribution < 1.29 is 0 Å². The zero-order chi connectivity index (χ0) is 9.97. The molecule has 0 fully saturated rings. The highest BCUT2D eigenvalue weighted by Crippen LogP contribution is 2.29. The van der Waals surface area contributed by atoms with E-state index in [-0.39, 0.29) is 0 Å². The summed E-state index contributed by atoms with van der Waals surface area (Å²) >= 11 is 7.63. The minimum absolute atomic E-state index is 0.602. The van der Waals surface area contributed by atoms with Crippen LogP contribution in [0.3, 0.4) is 0 Å². The summed E-state index contributed by atoms with van der Waals surface area (Å²) in [6.07, 6.45) is 0. The van der Waals surface area contributed by atoms with Gasteiger partial charge in [-0.15, -0.1) is 11.3 Å². The van der Waals surface area contributed by atoms with Gasteiger partial charge in [0.2, 0.25) is 0 Å². The van der Waals surface area contributed by atoms with Gasteiger partial charge in [-0.25, -0.2) is 0 Å². The van der Waals surface area contributed by atoms with Crippen LogP contribution in [0, 0.1) is 0 Å².